The maximum atomic E-state index is 12.9. The van der Waals surface area contributed by atoms with Crippen molar-refractivity contribution in [1.82, 2.24) is 4.31 Å². The molecule has 1 atom stereocenters. The summed E-state index contributed by atoms with van der Waals surface area (Å²) in [6, 6.07) is 18.5. The van der Waals surface area contributed by atoms with Gasteiger partial charge in [-0.3, -0.25) is 14.1 Å². The van der Waals surface area contributed by atoms with Crippen molar-refractivity contribution in [2.75, 3.05) is 11.9 Å². The number of hydrogen-bond donors (Lipinski definition) is 1. The topological polar surface area (TPSA) is 92.0 Å². The first-order valence-corrected chi connectivity index (χ1v) is 10.0. The lowest BCUT2D eigenvalue weighted by atomic mass is 10.1. The van der Waals surface area contributed by atoms with E-state index in [1.54, 1.807) is 12.1 Å². The molecule has 0 aliphatic carbocycles. The van der Waals surface area contributed by atoms with E-state index in [2.05, 4.69) is 10.3 Å². The van der Waals surface area contributed by atoms with Gasteiger partial charge in [-0.05, 0) is 42.0 Å². The molecule has 0 radical (unpaired) electrons. The number of benzene rings is 2. The van der Waals surface area contributed by atoms with Crippen LogP contribution >= 0.6 is 0 Å². The second-order valence-electron chi connectivity index (χ2n) is 6.22. The molecular formula is C20H17N3O4S. The Morgan fingerprint density at radius 1 is 1.04 bits per heavy atom. The molecule has 4 rings (SSSR count). The zero-order valence-corrected chi connectivity index (χ0v) is 15.5. The van der Waals surface area contributed by atoms with Gasteiger partial charge in [-0.1, -0.05) is 30.3 Å². The average Bonchev–Trinajstić information content (AvgIpc) is 3.42. The fraction of sp³-hybridized carbons (Fsp3) is 0.100. The van der Waals surface area contributed by atoms with Crippen LogP contribution in [0.2, 0.25) is 0 Å². The van der Waals surface area contributed by atoms with Crippen LogP contribution in [-0.4, -0.2) is 31.5 Å². The van der Waals surface area contributed by atoms with Crippen LogP contribution < -0.4 is 5.32 Å². The maximum Gasteiger partial charge on any atom is 0.291 e. The molecule has 142 valence electrons. The highest BCUT2D eigenvalue weighted by molar-refractivity contribution is 7.89. The molecule has 0 fully saturated rings. The molecule has 2 heterocycles. The van der Waals surface area contributed by atoms with Crippen LogP contribution in [-0.2, 0) is 10.0 Å². The SMILES string of the molecule is O=C(Nc1ccc(S(=O)(=O)N2C=N[C@@H](c3ccccc3)C2)cc1)c1ccco1. The Hall–Kier alpha value is -3.39. The van der Waals surface area contributed by atoms with Gasteiger partial charge in [0.25, 0.3) is 15.9 Å². The van der Waals surface area contributed by atoms with Crippen molar-refractivity contribution >= 4 is 28.0 Å². The fourth-order valence-electron chi connectivity index (χ4n) is 2.89. The van der Waals surface area contributed by atoms with Gasteiger partial charge in [-0.25, -0.2) is 8.42 Å². The summed E-state index contributed by atoms with van der Waals surface area (Å²) in [4.78, 5) is 16.4. The van der Waals surface area contributed by atoms with E-state index >= 15 is 0 Å². The van der Waals surface area contributed by atoms with Gasteiger partial charge in [0, 0.05) is 5.69 Å². The van der Waals surface area contributed by atoms with Crippen molar-refractivity contribution in [3.05, 3.63) is 84.3 Å². The van der Waals surface area contributed by atoms with Crippen LogP contribution in [0.4, 0.5) is 5.69 Å². The fourth-order valence-corrected chi connectivity index (χ4v) is 4.16. The highest BCUT2D eigenvalue weighted by Gasteiger charge is 2.29. The number of nitrogens with zero attached hydrogens (tertiary/aromatic N) is 2. The summed E-state index contributed by atoms with van der Waals surface area (Å²) < 4.78 is 32.0. The van der Waals surface area contributed by atoms with Crippen LogP contribution in [0, 0.1) is 0 Å². The first-order valence-electron chi connectivity index (χ1n) is 8.59. The van der Waals surface area contributed by atoms with Crippen LogP contribution in [0.5, 0.6) is 0 Å². The van der Waals surface area contributed by atoms with Crippen LogP contribution in [0.15, 0.2) is 87.3 Å². The average molecular weight is 395 g/mol. The quantitative estimate of drug-likeness (QED) is 0.717. The highest BCUT2D eigenvalue weighted by Crippen LogP contribution is 2.27. The van der Waals surface area contributed by atoms with Crippen molar-refractivity contribution in [3.8, 4) is 0 Å². The summed E-state index contributed by atoms with van der Waals surface area (Å²) in [6.45, 7) is 0.253. The molecule has 0 spiro atoms. The minimum absolute atomic E-state index is 0.128. The summed E-state index contributed by atoms with van der Waals surface area (Å²) in [5.41, 5.74) is 1.44. The number of amides is 1. The largest absolute Gasteiger partial charge is 0.459 e. The lowest BCUT2D eigenvalue weighted by molar-refractivity contribution is 0.0996. The second kappa shape index (κ2) is 7.32. The Kier molecular flexibility index (Phi) is 4.70. The standard InChI is InChI=1S/C20H17N3O4S/c24-20(19-7-4-12-27-19)22-16-8-10-17(11-9-16)28(25,26)23-13-18(21-14-23)15-5-2-1-3-6-15/h1-12,14,18H,13H2,(H,22,24)/t18-/m1/s1. The number of carbonyl (C=O) groups excluding carboxylic acids is 1. The van der Waals surface area contributed by atoms with Gasteiger partial charge < -0.3 is 9.73 Å². The van der Waals surface area contributed by atoms with Crippen molar-refractivity contribution in [3.63, 3.8) is 0 Å². The Labute approximate surface area is 162 Å². The Morgan fingerprint density at radius 3 is 2.46 bits per heavy atom. The smallest absolute Gasteiger partial charge is 0.291 e. The summed E-state index contributed by atoms with van der Waals surface area (Å²) >= 11 is 0. The van der Waals surface area contributed by atoms with Crippen molar-refractivity contribution in [2.24, 2.45) is 4.99 Å². The lowest BCUT2D eigenvalue weighted by Crippen LogP contribution is -2.28. The molecule has 2 aromatic carbocycles. The molecule has 0 saturated heterocycles. The molecule has 1 N–H and O–H groups in total. The predicted octanol–water partition coefficient (Wildman–Crippen LogP) is 3.31. The number of nitrogens with one attached hydrogen (secondary N) is 1. The van der Waals surface area contributed by atoms with Crippen LogP contribution in [0.3, 0.4) is 0 Å². The minimum Gasteiger partial charge on any atom is -0.459 e. The van der Waals surface area contributed by atoms with Gasteiger partial charge in [-0.15, -0.1) is 0 Å². The molecule has 0 saturated carbocycles. The number of hydrogen-bond acceptors (Lipinski definition) is 5. The van der Waals surface area contributed by atoms with Crippen molar-refractivity contribution in [2.45, 2.75) is 10.9 Å². The number of aliphatic imine (C=N–C) groups is 1. The van der Waals surface area contributed by atoms with Gasteiger partial charge in [0.15, 0.2) is 5.76 Å². The van der Waals surface area contributed by atoms with Gasteiger partial charge >= 0.3 is 0 Å². The summed E-state index contributed by atoms with van der Waals surface area (Å²) in [5.74, 6) is -0.227. The molecular weight excluding hydrogens is 378 g/mol. The number of sulfonamides is 1. The van der Waals surface area contributed by atoms with E-state index < -0.39 is 15.9 Å². The summed E-state index contributed by atoms with van der Waals surface area (Å²) in [6.07, 6.45) is 2.77. The van der Waals surface area contributed by atoms with Crippen molar-refractivity contribution in [1.29, 1.82) is 0 Å². The zero-order chi connectivity index (χ0) is 19.6. The summed E-state index contributed by atoms with van der Waals surface area (Å²) in [5, 5.41) is 2.65. The van der Waals surface area contributed by atoms with E-state index in [0.29, 0.717) is 5.69 Å². The molecule has 7 nitrogen and oxygen atoms in total. The van der Waals surface area contributed by atoms with Gasteiger partial charge in [0.1, 0.15) is 6.34 Å². The monoisotopic (exact) mass is 395 g/mol. The third kappa shape index (κ3) is 3.54. The van der Waals surface area contributed by atoms with E-state index in [0.717, 1.165) is 5.56 Å². The van der Waals surface area contributed by atoms with E-state index in [-0.39, 0.29) is 23.2 Å². The number of carbonyl (C=O) groups is 1. The van der Waals surface area contributed by atoms with E-state index in [1.165, 1.54) is 41.2 Å². The minimum atomic E-state index is -3.72. The third-order valence-electron chi connectivity index (χ3n) is 4.38. The molecule has 1 aromatic heterocycles. The number of furan rings is 1. The van der Waals surface area contributed by atoms with Crippen LogP contribution in [0.1, 0.15) is 22.2 Å². The molecule has 8 heteroatoms. The van der Waals surface area contributed by atoms with Crippen LogP contribution in [0.25, 0.3) is 0 Å². The Balaban J connectivity index is 1.46. The normalized spacial score (nSPS) is 16.3. The lowest BCUT2D eigenvalue weighted by Gasteiger charge is -2.17. The van der Waals surface area contributed by atoms with Gasteiger partial charge in [-0.2, -0.15) is 0 Å². The Morgan fingerprint density at radius 2 is 1.79 bits per heavy atom. The van der Waals surface area contributed by atoms with Gasteiger partial charge in [0.2, 0.25) is 0 Å². The number of rotatable bonds is 5. The van der Waals surface area contributed by atoms with Gasteiger partial charge in [0.05, 0.1) is 23.7 Å². The molecule has 3 aromatic rings. The molecule has 1 aliphatic heterocycles. The molecule has 0 unspecified atom stereocenters. The predicted molar refractivity (Wildman–Crippen MR) is 105 cm³/mol. The first-order chi connectivity index (χ1) is 13.5. The third-order valence-corrected chi connectivity index (χ3v) is 6.11. The van der Waals surface area contributed by atoms with E-state index in [4.69, 9.17) is 4.42 Å². The summed E-state index contributed by atoms with van der Waals surface area (Å²) in [7, 11) is -3.72. The Bertz CT molecular complexity index is 1090. The molecule has 28 heavy (non-hydrogen) atoms. The van der Waals surface area contributed by atoms with E-state index in [9.17, 15) is 13.2 Å². The molecule has 1 amide bonds. The molecule has 1 aliphatic rings. The number of anilines is 1. The maximum absolute atomic E-state index is 12.9. The highest BCUT2D eigenvalue weighted by atomic mass is 32.2. The van der Waals surface area contributed by atoms with E-state index in [1.807, 2.05) is 30.3 Å². The molecule has 0 bridgehead atoms. The second-order valence-corrected chi connectivity index (χ2v) is 8.11. The first kappa shape index (κ1) is 18.0. The zero-order valence-electron chi connectivity index (χ0n) is 14.7. The van der Waals surface area contributed by atoms with Crippen molar-refractivity contribution < 1.29 is 17.6 Å².